The molecule has 5 rings (SSSR count). The third-order valence-electron chi connectivity index (χ3n) is 7.12. The van der Waals surface area contributed by atoms with Gasteiger partial charge < -0.3 is 14.6 Å². The van der Waals surface area contributed by atoms with Crippen molar-refractivity contribution < 1.29 is 23.4 Å². The molecule has 1 fully saturated rings. The predicted molar refractivity (Wildman–Crippen MR) is 142 cm³/mol. The molecular weight excluding hydrogens is 472 g/mol. The van der Waals surface area contributed by atoms with E-state index in [0.29, 0.717) is 31.1 Å². The summed E-state index contributed by atoms with van der Waals surface area (Å²) in [5.41, 5.74) is 5.02. The van der Waals surface area contributed by atoms with Crippen LogP contribution in [0.5, 0.6) is 11.5 Å². The fraction of sp³-hybridized carbons (Fsp3) is 0.355. The quantitative estimate of drug-likeness (QED) is 0.357. The largest absolute Gasteiger partial charge is 0.494 e. The van der Waals surface area contributed by atoms with Crippen molar-refractivity contribution in [3.63, 3.8) is 0 Å². The number of likely N-dealkylation sites (tertiary alicyclic amines) is 1. The van der Waals surface area contributed by atoms with Crippen LogP contribution >= 0.6 is 0 Å². The van der Waals surface area contributed by atoms with Crippen molar-refractivity contribution in [1.29, 1.82) is 0 Å². The van der Waals surface area contributed by atoms with E-state index < -0.39 is 0 Å². The second-order valence-electron chi connectivity index (χ2n) is 9.84. The standard InChI is InChI=1S/C31H33F2NO3/c1-2-3-16-36-26-9-10-29(33)27(18-26)22-6-11-30-28(17-22)31(21-4-7-24(32)8-5-21)23(20-37-30)19-34-14-12-25(35)13-15-34/h4-11,17-18,25,35H,2-3,12-16,19-20H2,1H3. The van der Waals surface area contributed by atoms with Crippen LogP contribution in [0.4, 0.5) is 8.78 Å². The minimum Gasteiger partial charge on any atom is -0.494 e. The molecule has 3 aromatic rings. The van der Waals surface area contributed by atoms with Crippen LogP contribution in [0.25, 0.3) is 16.7 Å². The Balaban J connectivity index is 1.55. The lowest BCUT2D eigenvalue weighted by molar-refractivity contribution is 0.0858. The molecule has 3 aromatic carbocycles. The normalized spacial score (nSPS) is 16.4. The highest BCUT2D eigenvalue weighted by Crippen LogP contribution is 2.41. The Morgan fingerprint density at radius 1 is 0.946 bits per heavy atom. The van der Waals surface area contributed by atoms with Gasteiger partial charge in [-0.05, 0) is 84.0 Å². The number of halogens is 2. The second kappa shape index (κ2) is 11.4. The van der Waals surface area contributed by atoms with Gasteiger partial charge in [-0.2, -0.15) is 0 Å². The number of aliphatic hydroxyl groups is 1. The first-order valence-corrected chi connectivity index (χ1v) is 13.1. The topological polar surface area (TPSA) is 41.9 Å². The van der Waals surface area contributed by atoms with Crippen LogP contribution < -0.4 is 9.47 Å². The molecule has 0 atom stereocenters. The lowest BCUT2D eigenvalue weighted by Crippen LogP contribution is -2.38. The highest BCUT2D eigenvalue weighted by atomic mass is 19.1. The van der Waals surface area contributed by atoms with Crippen molar-refractivity contribution in [3.8, 4) is 22.6 Å². The zero-order chi connectivity index (χ0) is 25.8. The molecule has 0 amide bonds. The number of fused-ring (bicyclic) bond motifs is 1. The van der Waals surface area contributed by atoms with Gasteiger partial charge in [-0.15, -0.1) is 0 Å². The zero-order valence-electron chi connectivity index (χ0n) is 21.2. The van der Waals surface area contributed by atoms with Gasteiger partial charge in [0.2, 0.25) is 0 Å². The average molecular weight is 506 g/mol. The molecule has 4 nitrogen and oxygen atoms in total. The van der Waals surface area contributed by atoms with Crippen LogP contribution in [0, 0.1) is 11.6 Å². The molecule has 0 aliphatic carbocycles. The number of benzene rings is 3. The lowest BCUT2D eigenvalue weighted by atomic mass is 9.88. The van der Waals surface area contributed by atoms with Crippen molar-refractivity contribution in [2.45, 2.75) is 38.7 Å². The molecule has 37 heavy (non-hydrogen) atoms. The summed E-state index contributed by atoms with van der Waals surface area (Å²) in [6.07, 6.45) is 3.21. The molecule has 0 aromatic heterocycles. The number of unbranched alkanes of at least 4 members (excludes halogenated alkanes) is 1. The number of ether oxygens (including phenoxy) is 2. The van der Waals surface area contributed by atoms with Crippen molar-refractivity contribution >= 4 is 5.57 Å². The fourth-order valence-corrected chi connectivity index (χ4v) is 5.04. The summed E-state index contributed by atoms with van der Waals surface area (Å²) < 4.78 is 40.8. The molecule has 6 heteroatoms. The van der Waals surface area contributed by atoms with E-state index in [9.17, 15) is 13.9 Å². The zero-order valence-corrected chi connectivity index (χ0v) is 21.2. The minimum absolute atomic E-state index is 0.246. The molecule has 0 bridgehead atoms. The Morgan fingerprint density at radius 3 is 2.46 bits per heavy atom. The average Bonchev–Trinajstić information content (AvgIpc) is 2.91. The first-order valence-electron chi connectivity index (χ1n) is 13.1. The van der Waals surface area contributed by atoms with Crippen LogP contribution in [0.1, 0.15) is 43.7 Å². The van der Waals surface area contributed by atoms with E-state index in [0.717, 1.165) is 72.4 Å². The number of rotatable bonds is 8. The Morgan fingerprint density at radius 2 is 1.70 bits per heavy atom. The van der Waals surface area contributed by atoms with Crippen molar-refractivity contribution in [2.24, 2.45) is 0 Å². The maximum atomic E-state index is 15.0. The first-order chi connectivity index (χ1) is 18.0. The van der Waals surface area contributed by atoms with Crippen molar-refractivity contribution in [3.05, 3.63) is 89.0 Å². The Labute approximate surface area is 217 Å². The summed E-state index contributed by atoms with van der Waals surface area (Å²) in [4.78, 5) is 2.32. The van der Waals surface area contributed by atoms with E-state index >= 15 is 0 Å². The van der Waals surface area contributed by atoms with Gasteiger partial charge in [-0.25, -0.2) is 8.78 Å². The highest BCUT2D eigenvalue weighted by molar-refractivity contribution is 5.88. The van der Waals surface area contributed by atoms with E-state index in [4.69, 9.17) is 9.47 Å². The third kappa shape index (κ3) is 5.86. The molecule has 2 aliphatic heterocycles. The Kier molecular flexibility index (Phi) is 7.87. The Bertz CT molecular complexity index is 1260. The molecule has 2 aliphatic rings. The van der Waals surface area contributed by atoms with Gasteiger partial charge in [-0.1, -0.05) is 31.5 Å². The molecule has 194 valence electrons. The molecule has 0 saturated carbocycles. The summed E-state index contributed by atoms with van der Waals surface area (Å²) in [7, 11) is 0. The molecule has 0 radical (unpaired) electrons. The van der Waals surface area contributed by atoms with Gasteiger partial charge in [0, 0.05) is 30.8 Å². The number of hydrogen-bond donors (Lipinski definition) is 1. The minimum atomic E-state index is -0.320. The van der Waals surface area contributed by atoms with Gasteiger partial charge in [0.05, 0.1) is 12.7 Å². The summed E-state index contributed by atoms with van der Waals surface area (Å²) in [5, 5.41) is 9.92. The van der Waals surface area contributed by atoms with Crippen LogP contribution in [0.15, 0.2) is 66.2 Å². The molecular formula is C31H33F2NO3. The fourth-order valence-electron chi connectivity index (χ4n) is 5.04. The number of nitrogens with zero attached hydrogens (tertiary/aromatic N) is 1. The van der Waals surface area contributed by atoms with E-state index in [1.54, 1.807) is 24.3 Å². The van der Waals surface area contributed by atoms with Crippen molar-refractivity contribution in [2.75, 3.05) is 32.8 Å². The second-order valence-corrected chi connectivity index (χ2v) is 9.84. The molecule has 0 unspecified atom stereocenters. The van der Waals surface area contributed by atoms with Crippen LogP contribution in [-0.2, 0) is 0 Å². The van der Waals surface area contributed by atoms with Gasteiger partial charge in [0.1, 0.15) is 29.7 Å². The van der Waals surface area contributed by atoms with E-state index in [1.165, 1.54) is 18.2 Å². The summed E-state index contributed by atoms with van der Waals surface area (Å²) >= 11 is 0. The van der Waals surface area contributed by atoms with Crippen LogP contribution in [0.3, 0.4) is 0 Å². The number of aliphatic hydroxyl groups excluding tert-OH is 1. The SMILES string of the molecule is CCCCOc1ccc(F)c(-c2ccc3c(c2)C(c2ccc(F)cc2)=C(CN2CCC(O)CC2)CO3)c1. The first kappa shape index (κ1) is 25.4. The Hall–Kier alpha value is -3.22. The number of hydrogen-bond acceptors (Lipinski definition) is 4. The van der Waals surface area contributed by atoms with Gasteiger partial charge in [0.25, 0.3) is 0 Å². The van der Waals surface area contributed by atoms with Crippen LogP contribution in [-0.4, -0.2) is 49.0 Å². The smallest absolute Gasteiger partial charge is 0.131 e. The van der Waals surface area contributed by atoms with Crippen molar-refractivity contribution in [1.82, 2.24) is 4.90 Å². The molecule has 0 spiro atoms. The summed E-state index contributed by atoms with van der Waals surface area (Å²) in [6.45, 7) is 5.43. The molecule has 2 heterocycles. The third-order valence-corrected chi connectivity index (χ3v) is 7.12. The molecule has 1 N–H and O–H groups in total. The van der Waals surface area contributed by atoms with Gasteiger partial charge in [-0.3, -0.25) is 4.90 Å². The van der Waals surface area contributed by atoms with E-state index in [-0.39, 0.29) is 17.7 Å². The highest BCUT2D eigenvalue weighted by Gasteiger charge is 2.26. The molecule has 1 saturated heterocycles. The van der Waals surface area contributed by atoms with Gasteiger partial charge >= 0.3 is 0 Å². The van der Waals surface area contributed by atoms with Gasteiger partial charge in [0.15, 0.2) is 0 Å². The van der Waals surface area contributed by atoms with E-state index in [2.05, 4.69) is 11.8 Å². The predicted octanol–water partition coefficient (Wildman–Crippen LogP) is 6.46. The lowest BCUT2D eigenvalue weighted by Gasteiger charge is -2.33. The monoisotopic (exact) mass is 505 g/mol. The maximum absolute atomic E-state index is 15.0. The summed E-state index contributed by atoms with van der Waals surface area (Å²) in [5.74, 6) is 0.746. The summed E-state index contributed by atoms with van der Waals surface area (Å²) in [6, 6.07) is 17.1. The maximum Gasteiger partial charge on any atom is 0.131 e. The van der Waals surface area contributed by atoms with E-state index in [1.807, 2.05) is 18.2 Å². The van der Waals surface area contributed by atoms with Crippen LogP contribution in [0.2, 0.25) is 0 Å². The number of piperidine rings is 1.